The molecule has 0 saturated heterocycles. The van der Waals surface area contributed by atoms with E-state index in [1.807, 2.05) is 29.8 Å². The number of aryl methyl sites for hydroxylation is 1. The van der Waals surface area contributed by atoms with Crippen LogP contribution in [0, 0.1) is 0 Å². The molecule has 0 aliphatic carbocycles. The Labute approximate surface area is 118 Å². The molecule has 108 valence electrons. The second kappa shape index (κ2) is 6.52. The molecule has 20 heavy (non-hydrogen) atoms. The molecular weight excluding hydrogens is 254 g/mol. The fourth-order valence-corrected chi connectivity index (χ4v) is 2.25. The van der Waals surface area contributed by atoms with Gasteiger partial charge in [-0.3, -0.25) is 4.79 Å². The number of nitrogens with one attached hydrogen (secondary N) is 1. The minimum absolute atomic E-state index is 0.477. The molecular formula is C15H21N3O2. The van der Waals surface area contributed by atoms with Crippen LogP contribution in [-0.2, 0) is 18.4 Å². The van der Waals surface area contributed by atoms with Crippen molar-refractivity contribution in [2.45, 2.75) is 38.8 Å². The maximum atomic E-state index is 11.2. The Morgan fingerprint density at radius 3 is 3.00 bits per heavy atom. The number of imidazole rings is 1. The van der Waals surface area contributed by atoms with Gasteiger partial charge in [-0.05, 0) is 24.1 Å². The van der Waals surface area contributed by atoms with Crippen molar-refractivity contribution in [2.24, 2.45) is 7.05 Å². The predicted molar refractivity (Wildman–Crippen MR) is 78.5 cm³/mol. The van der Waals surface area contributed by atoms with Crippen molar-refractivity contribution in [1.29, 1.82) is 0 Å². The topological polar surface area (TPSA) is 67.2 Å². The van der Waals surface area contributed by atoms with Crippen molar-refractivity contribution < 1.29 is 9.90 Å². The molecule has 0 radical (unpaired) electrons. The van der Waals surface area contributed by atoms with Gasteiger partial charge in [-0.25, -0.2) is 4.98 Å². The van der Waals surface area contributed by atoms with Crippen LogP contribution < -0.4 is 5.32 Å². The van der Waals surface area contributed by atoms with Crippen molar-refractivity contribution >= 4 is 17.0 Å². The molecule has 2 aromatic rings. The van der Waals surface area contributed by atoms with Crippen LogP contribution in [-0.4, -0.2) is 26.7 Å². The SMILES string of the molecule is CCCCC(NCc1ccc2c(c1)ncn2C)C(=O)O. The number of aliphatic carboxylic acids is 1. The summed E-state index contributed by atoms with van der Waals surface area (Å²) < 4.78 is 1.97. The second-order valence-electron chi connectivity index (χ2n) is 5.09. The van der Waals surface area contributed by atoms with Gasteiger partial charge in [0.25, 0.3) is 0 Å². The number of fused-ring (bicyclic) bond motifs is 1. The van der Waals surface area contributed by atoms with Crippen molar-refractivity contribution in [2.75, 3.05) is 0 Å². The maximum Gasteiger partial charge on any atom is 0.320 e. The lowest BCUT2D eigenvalue weighted by Crippen LogP contribution is -2.36. The highest BCUT2D eigenvalue weighted by Crippen LogP contribution is 2.14. The molecule has 1 unspecified atom stereocenters. The third-order valence-electron chi connectivity index (χ3n) is 3.49. The average molecular weight is 275 g/mol. The van der Waals surface area contributed by atoms with E-state index in [9.17, 15) is 9.90 Å². The van der Waals surface area contributed by atoms with Gasteiger partial charge in [0.1, 0.15) is 6.04 Å². The van der Waals surface area contributed by atoms with Crippen LogP contribution in [0.25, 0.3) is 11.0 Å². The molecule has 0 bridgehead atoms. The smallest absolute Gasteiger partial charge is 0.320 e. The van der Waals surface area contributed by atoms with E-state index in [4.69, 9.17) is 0 Å². The highest BCUT2D eigenvalue weighted by Gasteiger charge is 2.15. The van der Waals surface area contributed by atoms with Crippen LogP contribution in [0.4, 0.5) is 0 Å². The highest BCUT2D eigenvalue weighted by molar-refractivity contribution is 5.76. The zero-order valence-corrected chi connectivity index (χ0v) is 12.0. The summed E-state index contributed by atoms with van der Waals surface area (Å²) in [5, 5.41) is 12.3. The zero-order chi connectivity index (χ0) is 14.5. The summed E-state index contributed by atoms with van der Waals surface area (Å²) in [6.07, 6.45) is 4.37. The summed E-state index contributed by atoms with van der Waals surface area (Å²) in [6, 6.07) is 5.55. The van der Waals surface area contributed by atoms with Gasteiger partial charge in [0.05, 0.1) is 17.4 Å². The van der Waals surface area contributed by atoms with Crippen LogP contribution >= 0.6 is 0 Å². The minimum atomic E-state index is -0.780. The third-order valence-corrected chi connectivity index (χ3v) is 3.49. The second-order valence-corrected chi connectivity index (χ2v) is 5.09. The Hall–Kier alpha value is -1.88. The lowest BCUT2D eigenvalue weighted by molar-refractivity contribution is -0.139. The number of rotatable bonds is 7. The summed E-state index contributed by atoms with van der Waals surface area (Å²) in [5.74, 6) is -0.780. The van der Waals surface area contributed by atoms with Gasteiger partial charge in [0, 0.05) is 13.6 Å². The van der Waals surface area contributed by atoms with E-state index >= 15 is 0 Å². The summed E-state index contributed by atoms with van der Waals surface area (Å²) in [6.45, 7) is 2.61. The summed E-state index contributed by atoms with van der Waals surface area (Å²) in [7, 11) is 1.96. The van der Waals surface area contributed by atoms with E-state index in [0.717, 1.165) is 29.4 Å². The minimum Gasteiger partial charge on any atom is -0.480 e. The molecule has 0 saturated carbocycles. The van der Waals surface area contributed by atoms with E-state index in [-0.39, 0.29) is 0 Å². The van der Waals surface area contributed by atoms with Crippen LogP contribution in [0.15, 0.2) is 24.5 Å². The van der Waals surface area contributed by atoms with Gasteiger partial charge in [-0.15, -0.1) is 0 Å². The molecule has 5 heteroatoms. The monoisotopic (exact) mass is 275 g/mol. The number of aromatic nitrogens is 2. The molecule has 1 atom stereocenters. The Balaban J connectivity index is 2.01. The lowest BCUT2D eigenvalue weighted by Gasteiger charge is -2.14. The fourth-order valence-electron chi connectivity index (χ4n) is 2.25. The normalized spacial score (nSPS) is 12.7. The Kier molecular flexibility index (Phi) is 4.74. The molecule has 1 aromatic carbocycles. The van der Waals surface area contributed by atoms with Crippen LogP contribution in [0.5, 0.6) is 0 Å². The Morgan fingerprint density at radius 2 is 2.30 bits per heavy atom. The number of unbranched alkanes of at least 4 members (excludes halogenated alkanes) is 1. The van der Waals surface area contributed by atoms with Crippen molar-refractivity contribution in [3.63, 3.8) is 0 Å². The third kappa shape index (κ3) is 3.36. The van der Waals surface area contributed by atoms with Crippen LogP contribution in [0.3, 0.4) is 0 Å². The first-order valence-corrected chi connectivity index (χ1v) is 6.98. The molecule has 0 aliphatic heterocycles. The van der Waals surface area contributed by atoms with E-state index in [2.05, 4.69) is 17.2 Å². The molecule has 0 amide bonds. The van der Waals surface area contributed by atoms with E-state index < -0.39 is 12.0 Å². The molecule has 2 rings (SSSR count). The van der Waals surface area contributed by atoms with E-state index in [0.29, 0.717) is 13.0 Å². The molecule has 1 heterocycles. The number of hydrogen-bond donors (Lipinski definition) is 2. The van der Waals surface area contributed by atoms with Gasteiger partial charge in [-0.2, -0.15) is 0 Å². The number of benzene rings is 1. The number of hydrogen-bond acceptors (Lipinski definition) is 3. The number of carboxylic acids is 1. The van der Waals surface area contributed by atoms with Crippen molar-refractivity contribution in [1.82, 2.24) is 14.9 Å². The molecule has 5 nitrogen and oxygen atoms in total. The zero-order valence-electron chi connectivity index (χ0n) is 12.0. The first-order valence-electron chi connectivity index (χ1n) is 6.98. The summed E-state index contributed by atoms with van der Waals surface area (Å²) in [5.41, 5.74) is 3.07. The Bertz CT molecular complexity index is 592. The highest BCUT2D eigenvalue weighted by atomic mass is 16.4. The van der Waals surface area contributed by atoms with Gasteiger partial charge in [-0.1, -0.05) is 25.8 Å². The number of nitrogens with zero attached hydrogens (tertiary/aromatic N) is 2. The van der Waals surface area contributed by atoms with Gasteiger partial charge in [0.15, 0.2) is 0 Å². The fraction of sp³-hybridized carbons (Fsp3) is 0.467. The maximum absolute atomic E-state index is 11.2. The van der Waals surface area contributed by atoms with E-state index in [1.54, 1.807) is 6.33 Å². The van der Waals surface area contributed by atoms with Crippen molar-refractivity contribution in [3.8, 4) is 0 Å². The van der Waals surface area contributed by atoms with Crippen LogP contribution in [0.2, 0.25) is 0 Å². The first-order chi connectivity index (χ1) is 9.61. The van der Waals surface area contributed by atoms with E-state index in [1.165, 1.54) is 0 Å². The number of carboxylic acid groups (broad SMARTS) is 1. The first kappa shape index (κ1) is 14.5. The van der Waals surface area contributed by atoms with Gasteiger partial charge < -0.3 is 15.0 Å². The largest absolute Gasteiger partial charge is 0.480 e. The molecule has 2 N–H and O–H groups in total. The summed E-state index contributed by atoms with van der Waals surface area (Å²) >= 11 is 0. The van der Waals surface area contributed by atoms with Crippen LogP contribution in [0.1, 0.15) is 31.7 Å². The molecule has 1 aromatic heterocycles. The quantitative estimate of drug-likeness (QED) is 0.813. The predicted octanol–water partition coefficient (Wildman–Crippen LogP) is 2.31. The Morgan fingerprint density at radius 1 is 1.50 bits per heavy atom. The molecule has 0 fully saturated rings. The van der Waals surface area contributed by atoms with Gasteiger partial charge in [0.2, 0.25) is 0 Å². The number of carbonyl (C=O) groups is 1. The lowest BCUT2D eigenvalue weighted by atomic mass is 10.1. The summed E-state index contributed by atoms with van der Waals surface area (Å²) in [4.78, 5) is 15.5. The standard InChI is InChI=1S/C15H21N3O2/c1-3-4-5-12(15(19)20)16-9-11-6-7-14-13(8-11)17-10-18(14)2/h6-8,10,12,16H,3-5,9H2,1-2H3,(H,19,20). The van der Waals surface area contributed by atoms with Gasteiger partial charge >= 0.3 is 5.97 Å². The molecule has 0 spiro atoms. The average Bonchev–Trinajstić information content (AvgIpc) is 2.79. The molecule has 0 aliphatic rings. The van der Waals surface area contributed by atoms with Crippen molar-refractivity contribution in [3.05, 3.63) is 30.1 Å².